The van der Waals surface area contributed by atoms with Crippen LogP contribution in [0.1, 0.15) is 39.4 Å². The van der Waals surface area contributed by atoms with E-state index in [-0.39, 0.29) is 23.2 Å². The van der Waals surface area contributed by atoms with Crippen LogP contribution in [0.5, 0.6) is 0 Å². The molecule has 2 aromatic carbocycles. The van der Waals surface area contributed by atoms with Gasteiger partial charge >= 0.3 is 0 Å². The lowest BCUT2D eigenvalue weighted by molar-refractivity contribution is -0.324. The van der Waals surface area contributed by atoms with Gasteiger partial charge in [0.2, 0.25) is 0 Å². The number of hydrogen-bond donors (Lipinski definition) is 0. The first kappa shape index (κ1) is 23.5. The third kappa shape index (κ3) is 4.12. The van der Waals surface area contributed by atoms with Gasteiger partial charge in [-0.05, 0) is 36.2 Å². The SMILES string of the molecule is C[C@@H]([C@@H]1O[C@H](c2ccccc2)[C@@]1(O[Si](C)(C)C)C(C)(C)C)[Si](C)(C)c1ccccc1. The second kappa shape index (κ2) is 8.05. The first-order valence-corrected chi connectivity index (χ1v) is 17.8. The molecule has 0 amide bonds. The van der Waals surface area contributed by atoms with Gasteiger partial charge in [0.25, 0.3) is 0 Å². The Morgan fingerprint density at radius 1 is 0.867 bits per heavy atom. The van der Waals surface area contributed by atoms with Crippen LogP contribution in [0.3, 0.4) is 0 Å². The van der Waals surface area contributed by atoms with Crippen LogP contribution in [0.4, 0.5) is 0 Å². The van der Waals surface area contributed by atoms with Gasteiger partial charge in [0.15, 0.2) is 8.32 Å². The molecule has 0 aromatic heterocycles. The molecule has 0 aliphatic carbocycles. The molecule has 30 heavy (non-hydrogen) atoms. The van der Waals surface area contributed by atoms with Gasteiger partial charge in [-0.25, -0.2) is 0 Å². The monoisotopic (exact) mass is 440 g/mol. The average molecular weight is 441 g/mol. The molecule has 0 unspecified atom stereocenters. The highest BCUT2D eigenvalue weighted by Gasteiger charge is 2.68. The number of ether oxygens (including phenoxy) is 1. The van der Waals surface area contributed by atoms with Crippen molar-refractivity contribution in [3.05, 3.63) is 66.2 Å². The molecular weight excluding hydrogens is 400 g/mol. The van der Waals surface area contributed by atoms with Crippen molar-refractivity contribution in [1.82, 2.24) is 0 Å². The van der Waals surface area contributed by atoms with Crippen molar-refractivity contribution in [3.8, 4) is 0 Å². The molecular formula is C26H40O2Si2. The van der Waals surface area contributed by atoms with Crippen LogP contribution in [-0.4, -0.2) is 28.1 Å². The zero-order chi connectivity index (χ0) is 22.4. The van der Waals surface area contributed by atoms with E-state index in [1.54, 1.807) is 0 Å². The van der Waals surface area contributed by atoms with Gasteiger partial charge in [0.05, 0.1) is 14.2 Å². The quantitative estimate of drug-likeness (QED) is 0.461. The molecule has 1 fully saturated rings. The van der Waals surface area contributed by atoms with Gasteiger partial charge < -0.3 is 9.16 Å². The summed E-state index contributed by atoms with van der Waals surface area (Å²) in [6.45, 7) is 21.3. The minimum absolute atomic E-state index is 0.0292. The molecule has 2 aromatic rings. The largest absolute Gasteiger partial charge is 0.406 e. The van der Waals surface area contributed by atoms with E-state index in [2.05, 4.69) is 121 Å². The first-order valence-electron chi connectivity index (χ1n) is 11.3. The fourth-order valence-electron chi connectivity index (χ4n) is 4.97. The van der Waals surface area contributed by atoms with Crippen LogP contribution >= 0.6 is 0 Å². The topological polar surface area (TPSA) is 18.5 Å². The van der Waals surface area contributed by atoms with Crippen LogP contribution < -0.4 is 5.19 Å². The molecule has 0 bridgehead atoms. The summed E-state index contributed by atoms with van der Waals surface area (Å²) in [5.74, 6) is 0. The molecule has 164 valence electrons. The van der Waals surface area contributed by atoms with E-state index in [9.17, 15) is 0 Å². The fourth-order valence-corrected chi connectivity index (χ4v) is 9.17. The van der Waals surface area contributed by atoms with Crippen molar-refractivity contribution in [1.29, 1.82) is 0 Å². The maximum atomic E-state index is 7.19. The van der Waals surface area contributed by atoms with Crippen molar-refractivity contribution in [2.75, 3.05) is 0 Å². The summed E-state index contributed by atoms with van der Waals surface area (Å²) in [6.07, 6.45) is 0.0507. The Morgan fingerprint density at radius 2 is 1.37 bits per heavy atom. The van der Waals surface area contributed by atoms with Crippen molar-refractivity contribution < 1.29 is 9.16 Å². The number of benzene rings is 2. The van der Waals surface area contributed by atoms with Gasteiger partial charge in [-0.1, -0.05) is 107 Å². The Kier molecular flexibility index (Phi) is 6.29. The normalized spacial score (nSPS) is 26.2. The van der Waals surface area contributed by atoms with Crippen molar-refractivity contribution >= 4 is 21.6 Å². The van der Waals surface area contributed by atoms with E-state index in [4.69, 9.17) is 9.16 Å². The predicted octanol–water partition coefficient (Wildman–Crippen LogP) is 6.77. The molecule has 0 spiro atoms. The molecule has 1 saturated heterocycles. The van der Waals surface area contributed by atoms with Crippen molar-refractivity contribution in [3.63, 3.8) is 0 Å². The highest BCUT2D eigenvalue weighted by molar-refractivity contribution is 6.91. The Balaban J connectivity index is 2.09. The molecule has 0 radical (unpaired) electrons. The zero-order valence-electron chi connectivity index (χ0n) is 20.3. The Bertz CT molecular complexity index is 837. The summed E-state index contributed by atoms with van der Waals surface area (Å²) in [4.78, 5) is 0. The molecule has 1 heterocycles. The number of hydrogen-bond acceptors (Lipinski definition) is 2. The van der Waals surface area contributed by atoms with Crippen molar-refractivity contribution in [2.24, 2.45) is 5.41 Å². The Hall–Kier alpha value is -1.21. The zero-order valence-corrected chi connectivity index (χ0v) is 22.3. The first-order chi connectivity index (χ1) is 13.8. The van der Waals surface area contributed by atoms with Gasteiger partial charge in [0, 0.05) is 0 Å². The van der Waals surface area contributed by atoms with E-state index >= 15 is 0 Å². The summed E-state index contributed by atoms with van der Waals surface area (Å²) >= 11 is 0. The third-order valence-electron chi connectivity index (χ3n) is 6.95. The van der Waals surface area contributed by atoms with Crippen LogP contribution in [0.15, 0.2) is 60.7 Å². The standard InChI is InChI=1S/C26H40O2Si2/c1-20(30(8,9)22-18-14-11-15-19-22)23-26(25(2,3)4,28-29(5,6)7)24(27-23)21-16-12-10-13-17-21/h10-20,23-24H,1-9H3/t20-,23-,24+,26+/m0/s1. The maximum Gasteiger partial charge on any atom is 0.184 e. The van der Waals surface area contributed by atoms with Crippen molar-refractivity contribution in [2.45, 2.75) is 83.8 Å². The van der Waals surface area contributed by atoms with E-state index in [0.29, 0.717) is 5.54 Å². The summed E-state index contributed by atoms with van der Waals surface area (Å²) in [6, 6.07) is 21.7. The molecule has 4 heteroatoms. The smallest absolute Gasteiger partial charge is 0.184 e. The minimum Gasteiger partial charge on any atom is -0.406 e. The summed E-state index contributed by atoms with van der Waals surface area (Å²) in [7, 11) is -3.62. The molecule has 1 aliphatic rings. The van der Waals surface area contributed by atoms with Crippen LogP contribution in [0.25, 0.3) is 0 Å². The molecule has 1 aliphatic heterocycles. The summed E-state index contributed by atoms with van der Waals surface area (Å²) in [5.41, 5.74) is 1.27. The second-order valence-electron chi connectivity index (χ2n) is 11.5. The van der Waals surface area contributed by atoms with Gasteiger partial charge in [-0.15, -0.1) is 0 Å². The highest BCUT2D eigenvalue weighted by Crippen LogP contribution is 2.61. The molecule has 2 nitrogen and oxygen atoms in total. The lowest BCUT2D eigenvalue weighted by Gasteiger charge is -2.66. The summed E-state index contributed by atoms with van der Waals surface area (Å²) in [5, 5.41) is 1.49. The maximum absolute atomic E-state index is 7.19. The van der Waals surface area contributed by atoms with E-state index < -0.39 is 16.4 Å². The lowest BCUT2D eigenvalue weighted by Crippen LogP contribution is -2.73. The molecule has 4 atom stereocenters. The van der Waals surface area contributed by atoms with Gasteiger partial charge in [-0.2, -0.15) is 0 Å². The van der Waals surface area contributed by atoms with Gasteiger partial charge in [0.1, 0.15) is 11.7 Å². The van der Waals surface area contributed by atoms with E-state index in [0.717, 1.165) is 0 Å². The van der Waals surface area contributed by atoms with Crippen LogP contribution in [0, 0.1) is 5.41 Å². The molecule has 0 saturated carbocycles. The fraction of sp³-hybridized carbons (Fsp3) is 0.538. The third-order valence-corrected chi connectivity index (χ3v) is 12.3. The molecule has 3 rings (SSSR count). The van der Waals surface area contributed by atoms with E-state index in [1.807, 2.05) is 0 Å². The lowest BCUT2D eigenvalue weighted by atomic mass is 9.63. The van der Waals surface area contributed by atoms with Crippen LogP contribution in [0.2, 0.25) is 38.3 Å². The second-order valence-corrected chi connectivity index (χ2v) is 20.8. The van der Waals surface area contributed by atoms with E-state index in [1.165, 1.54) is 10.8 Å². The average Bonchev–Trinajstić information content (AvgIpc) is 2.65. The minimum atomic E-state index is -1.84. The Morgan fingerprint density at radius 3 is 1.83 bits per heavy atom. The summed E-state index contributed by atoms with van der Waals surface area (Å²) < 4.78 is 14.0. The van der Waals surface area contributed by atoms with Gasteiger partial charge in [-0.3, -0.25) is 0 Å². The highest BCUT2D eigenvalue weighted by atomic mass is 28.4. The van der Waals surface area contributed by atoms with Crippen LogP contribution in [-0.2, 0) is 9.16 Å². The molecule has 0 N–H and O–H groups in total. The number of rotatable bonds is 6. The predicted molar refractivity (Wildman–Crippen MR) is 134 cm³/mol. The Labute approximate surface area is 186 Å².